The van der Waals surface area contributed by atoms with Crippen LogP contribution in [-0.4, -0.2) is 35.9 Å². The van der Waals surface area contributed by atoms with Crippen molar-refractivity contribution in [3.63, 3.8) is 0 Å². The molecule has 0 aliphatic carbocycles. The first kappa shape index (κ1) is 19.0. The van der Waals surface area contributed by atoms with Gasteiger partial charge in [0.1, 0.15) is 0 Å². The minimum atomic E-state index is -3.21. The Morgan fingerprint density at radius 3 is 2.69 bits per heavy atom. The number of aromatic nitrogens is 1. The molecule has 6 nitrogen and oxygen atoms in total. The number of thiazole rings is 1. The molecule has 0 radical (unpaired) electrons. The van der Waals surface area contributed by atoms with Crippen molar-refractivity contribution in [2.45, 2.75) is 39.2 Å². The Kier molecular flexibility index (Phi) is 5.74. The fraction of sp³-hybridized carbons (Fsp3) is 0.444. The number of hydrogen-bond donors (Lipinski definition) is 1. The van der Waals surface area contributed by atoms with Crippen molar-refractivity contribution in [2.24, 2.45) is 0 Å². The SMILES string of the molecule is CCC(C(=O)Nc1nc2c(s1)CN(S(=O)(=O)CC)CC2)c1ccccc1. The molecular weight excluding hydrogens is 370 g/mol. The molecule has 1 amide bonds. The monoisotopic (exact) mass is 393 g/mol. The molecular formula is C18H23N3O3S2. The Labute approximate surface area is 158 Å². The van der Waals surface area contributed by atoms with Gasteiger partial charge in [-0.2, -0.15) is 4.31 Å². The zero-order valence-electron chi connectivity index (χ0n) is 14.9. The second-order valence-corrected chi connectivity index (χ2v) is 9.57. The fourth-order valence-corrected chi connectivity index (χ4v) is 5.26. The molecule has 0 spiro atoms. The van der Waals surface area contributed by atoms with Crippen LogP contribution in [0.3, 0.4) is 0 Å². The molecule has 0 saturated carbocycles. The maximum absolute atomic E-state index is 12.7. The van der Waals surface area contributed by atoms with E-state index in [-0.39, 0.29) is 17.6 Å². The second kappa shape index (κ2) is 7.85. The van der Waals surface area contributed by atoms with Crippen LogP contribution in [0.5, 0.6) is 0 Å². The number of benzene rings is 1. The topological polar surface area (TPSA) is 79.4 Å². The van der Waals surface area contributed by atoms with E-state index >= 15 is 0 Å². The molecule has 2 heterocycles. The molecule has 1 N–H and O–H groups in total. The first-order chi connectivity index (χ1) is 12.4. The highest BCUT2D eigenvalue weighted by Crippen LogP contribution is 2.30. The highest BCUT2D eigenvalue weighted by atomic mass is 32.2. The normalized spacial score (nSPS) is 16.1. The molecule has 1 aliphatic rings. The first-order valence-corrected chi connectivity index (χ1v) is 11.2. The number of fused-ring (bicyclic) bond motifs is 1. The number of carbonyl (C=O) groups is 1. The predicted molar refractivity (Wildman–Crippen MR) is 104 cm³/mol. The van der Waals surface area contributed by atoms with Crippen molar-refractivity contribution in [1.82, 2.24) is 9.29 Å². The summed E-state index contributed by atoms with van der Waals surface area (Å²) in [6.07, 6.45) is 1.28. The molecule has 3 rings (SSSR count). The van der Waals surface area contributed by atoms with E-state index in [1.54, 1.807) is 6.92 Å². The zero-order chi connectivity index (χ0) is 18.7. The van der Waals surface area contributed by atoms with E-state index in [0.29, 0.717) is 31.1 Å². The fourth-order valence-electron chi connectivity index (χ4n) is 3.10. The summed E-state index contributed by atoms with van der Waals surface area (Å²) in [5, 5.41) is 3.46. The number of rotatable bonds is 6. The highest BCUT2D eigenvalue weighted by Gasteiger charge is 2.28. The number of sulfonamides is 1. The summed E-state index contributed by atoms with van der Waals surface area (Å²) in [7, 11) is -3.21. The number of nitrogens with one attached hydrogen (secondary N) is 1. The van der Waals surface area contributed by atoms with Gasteiger partial charge in [-0.15, -0.1) is 11.3 Å². The molecule has 1 aromatic carbocycles. The Hall–Kier alpha value is -1.77. The molecule has 2 aromatic rings. The summed E-state index contributed by atoms with van der Waals surface area (Å²) in [6.45, 7) is 4.42. The van der Waals surface area contributed by atoms with Gasteiger partial charge in [0.25, 0.3) is 0 Å². The maximum atomic E-state index is 12.7. The highest BCUT2D eigenvalue weighted by molar-refractivity contribution is 7.89. The van der Waals surface area contributed by atoms with Crippen molar-refractivity contribution >= 4 is 32.4 Å². The van der Waals surface area contributed by atoms with Crippen molar-refractivity contribution in [1.29, 1.82) is 0 Å². The Bertz CT molecular complexity index is 878. The van der Waals surface area contributed by atoms with E-state index in [2.05, 4.69) is 10.3 Å². The van der Waals surface area contributed by atoms with Gasteiger partial charge in [-0.3, -0.25) is 4.79 Å². The number of nitrogens with zero attached hydrogens (tertiary/aromatic N) is 2. The van der Waals surface area contributed by atoms with Crippen LogP contribution < -0.4 is 5.32 Å². The van der Waals surface area contributed by atoms with Gasteiger partial charge in [0.05, 0.1) is 17.4 Å². The van der Waals surface area contributed by atoms with Crippen LogP contribution in [0, 0.1) is 0 Å². The largest absolute Gasteiger partial charge is 0.301 e. The van der Waals surface area contributed by atoms with Crippen LogP contribution in [-0.2, 0) is 27.8 Å². The van der Waals surface area contributed by atoms with Gasteiger partial charge < -0.3 is 5.32 Å². The van der Waals surface area contributed by atoms with Crippen LogP contribution in [0.25, 0.3) is 0 Å². The molecule has 8 heteroatoms. The van der Waals surface area contributed by atoms with Crippen molar-refractivity contribution < 1.29 is 13.2 Å². The summed E-state index contributed by atoms with van der Waals surface area (Å²) < 4.78 is 25.6. The third-order valence-corrected chi connectivity index (χ3v) is 7.44. The van der Waals surface area contributed by atoms with Crippen LogP contribution >= 0.6 is 11.3 Å². The molecule has 26 heavy (non-hydrogen) atoms. The lowest BCUT2D eigenvalue weighted by atomic mass is 9.96. The number of anilines is 1. The molecule has 0 saturated heterocycles. The lowest BCUT2D eigenvalue weighted by Gasteiger charge is -2.24. The summed E-state index contributed by atoms with van der Waals surface area (Å²) >= 11 is 1.37. The summed E-state index contributed by atoms with van der Waals surface area (Å²) in [6, 6.07) is 9.69. The Morgan fingerprint density at radius 2 is 2.04 bits per heavy atom. The zero-order valence-corrected chi connectivity index (χ0v) is 16.6. The van der Waals surface area contributed by atoms with E-state index < -0.39 is 10.0 Å². The summed E-state index contributed by atoms with van der Waals surface area (Å²) in [5.74, 6) is -0.211. The van der Waals surface area contributed by atoms with E-state index in [1.807, 2.05) is 37.3 Å². The Balaban J connectivity index is 1.73. The molecule has 1 atom stereocenters. The van der Waals surface area contributed by atoms with Crippen molar-refractivity contribution in [3.05, 3.63) is 46.5 Å². The van der Waals surface area contributed by atoms with E-state index in [9.17, 15) is 13.2 Å². The molecule has 1 aromatic heterocycles. The third-order valence-electron chi connectivity index (χ3n) is 4.61. The van der Waals surface area contributed by atoms with Gasteiger partial charge in [0, 0.05) is 24.4 Å². The maximum Gasteiger partial charge on any atom is 0.233 e. The third kappa shape index (κ3) is 3.97. The van der Waals surface area contributed by atoms with Gasteiger partial charge in [-0.25, -0.2) is 13.4 Å². The van der Waals surface area contributed by atoms with Crippen molar-refractivity contribution in [3.8, 4) is 0 Å². The average Bonchev–Trinajstić information content (AvgIpc) is 3.04. The van der Waals surface area contributed by atoms with Crippen LogP contribution in [0.15, 0.2) is 30.3 Å². The Morgan fingerprint density at radius 1 is 1.31 bits per heavy atom. The number of carbonyl (C=O) groups excluding carboxylic acids is 1. The second-order valence-electron chi connectivity index (χ2n) is 6.23. The van der Waals surface area contributed by atoms with Gasteiger partial charge in [-0.1, -0.05) is 37.3 Å². The van der Waals surface area contributed by atoms with Crippen molar-refractivity contribution in [2.75, 3.05) is 17.6 Å². The molecule has 140 valence electrons. The van der Waals surface area contributed by atoms with Gasteiger partial charge in [0.2, 0.25) is 15.9 Å². The quantitative estimate of drug-likeness (QED) is 0.818. The number of hydrogen-bond acceptors (Lipinski definition) is 5. The summed E-state index contributed by atoms with van der Waals surface area (Å²) in [5.41, 5.74) is 1.87. The average molecular weight is 394 g/mol. The van der Waals surface area contributed by atoms with E-state index in [0.717, 1.165) is 16.1 Å². The van der Waals surface area contributed by atoms with Crippen LogP contribution in [0.1, 0.15) is 42.3 Å². The smallest absolute Gasteiger partial charge is 0.233 e. The molecule has 0 fully saturated rings. The van der Waals surface area contributed by atoms with E-state index in [1.165, 1.54) is 15.6 Å². The van der Waals surface area contributed by atoms with Gasteiger partial charge in [-0.05, 0) is 18.9 Å². The number of amides is 1. The lowest BCUT2D eigenvalue weighted by Crippen LogP contribution is -2.36. The molecule has 1 unspecified atom stereocenters. The van der Waals surface area contributed by atoms with Crippen LogP contribution in [0.2, 0.25) is 0 Å². The standard InChI is InChI=1S/C18H23N3O3S2/c1-3-14(13-8-6-5-7-9-13)17(22)20-18-19-15-10-11-21(12-16(15)25-18)26(23,24)4-2/h5-9,14H,3-4,10-12H2,1-2H3,(H,19,20,22). The minimum absolute atomic E-state index is 0.0807. The van der Waals surface area contributed by atoms with Crippen LogP contribution in [0.4, 0.5) is 5.13 Å². The van der Waals surface area contributed by atoms with E-state index in [4.69, 9.17) is 0 Å². The van der Waals surface area contributed by atoms with Gasteiger partial charge >= 0.3 is 0 Å². The molecule has 1 aliphatic heterocycles. The summed E-state index contributed by atoms with van der Waals surface area (Å²) in [4.78, 5) is 18.1. The lowest BCUT2D eigenvalue weighted by molar-refractivity contribution is -0.117. The first-order valence-electron chi connectivity index (χ1n) is 8.76. The minimum Gasteiger partial charge on any atom is -0.301 e. The van der Waals surface area contributed by atoms with Gasteiger partial charge in [0.15, 0.2) is 5.13 Å². The molecule has 0 bridgehead atoms. The predicted octanol–water partition coefficient (Wildman–Crippen LogP) is 2.98.